The van der Waals surface area contributed by atoms with Crippen molar-refractivity contribution in [1.29, 1.82) is 0 Å². The maximum atomic E-state index is 11.4. The van der Waals surface area contributed by atoms with E-state index in [1.165, 1.54) is 5.56 Å². The van der Waals surface area contributed by atoms with Crippen LogP contribution >= 0.6 is 15.9 Å². The number of morpholine rings is 1. The molecule has 98 valence electrons. The minimum absolute atomic E-state index is 0.400. The topological polar surface area (TPSA) is 55.6 Å². The molecule has 1 fully saturated rings. The normalized spacial score (nSPS) is 25.0. The molecule has 0 saturated carbocycles. The van der Waals surface area contributed by atoms with Crippen LogP contribution in [0.4, 0.5) is 0 Å². The number of amides is 1. The zero-order valence-electron chi connectivity index (χ0n) is 10.4. The summed E-state index contributed by atoms with van der Waals surface area (Å²) in [6.45, 7) is 4.45. The number of ether oxygens (including phenoxy) is 1. The Bertz CT molecular complexity index is 435. The molecule has 0 bridgehead atoms. The molecule has 1 aliphatic heterocycles. The zero-order chi connectivity index (χ0) is 13.2. The molecule has 1 heterocycles. The van der Waals surface area contributed by atoms with Crippen LogP contribution in [0.2, 0.25) is 0 Å². The first-order valence-corrected chi connectivity index (χ1v) is 6.69. The molecule has 1 aromatic carbocycles. The summed E-state index contributed by atoms with van der Waals surface area (Å²) in [5.41, 5.74) is 5.73. The molecule has 1 aromatic rings. The van der Waals surface area contributed by atoms with Crippen molar-refractivity contribution in [3.05, 3.63) is 34.3 Å². The van der Waals surface area contributed by atoms with Crippen LogP contribution < -0.4 is 5.73 Å². The van der Waals surface area contributed by atoms with E-state index in [9.17, 15) is 4.79 Å². The molecule has 0 aromatic heterocycles. The van der Waals surface area contributed by atoms with Crippen molar-refractivity contribution in [1.82, 2.24) is 4.90 Å². The fraction of sp³-hybridized carbons (Fsp3) is 0.462. The van der Waals surface area contributed by atoms with Crippen molar-refractivity contribution in [3.8, 4) is 0 Å². The fourth-order valence-electron chi connectivity index (χ4n) is 2.08. The molecule has 0 spiro atoms. The van der Waals surface area contributed by atoms with E-state index in [2.05, 4.69) is 33.0 Å². The third kappa shape index (κ3) is 3.10. The minimum atomic E-state index is -0.867. The molecule has 1 amide bonds. The standard InChI is InChI=1S/C13H17BrN2O2/c1-13(12(15)17)9-16(6-7-18-13)8-10-2-4-11(14)5-3-10/h2-5H,6-9H2,1H3,(H2,15,17)/t13-/m1/s1. The molecule has 1 saturated heterocycles. The van der Waals surface area contributed by atoms with E-state index in [-0.39, 0.29) is 0 Å². The van der Waals surface area contributed by atoms with E-state index in [0.29, 0.717) is 13.2 Å². The molecule has 4 nitrogen and oxygen atoms in total. The number of halogens is 1. The quantitative estimate of drug-likeness (QED) is 0.921. The Labute approximate surface area is 115 Å². The molecule has 18 heavy (non-hydrogen) atoms. The Morgan fingerprint density at radius 1 is 1.50 bits per heavy atom. The molecular weight excluding hydrogens is 296 g/mol. The average Bonchev–Trinajstić information content (AvgIpc) is 2.32. The highest BCUT2D eigenvalue weighted by molar-refractivity contribution is 9.10. The lowest BCUT2D eigenvalue weighted by atomic mass is 10.0. The van der Waals surface area contributed by atoms with Gasteiger partial charge < -0.3 is 10.5 Å². The second kappa shape index (κ2) is 5.38. The second-order valence-corrected chi connectivity index (χ2v) is 5.70. The highest BCUT2D eigenvalue weighted by Crippen LogP contribution is 2.19. The molecular formula is C13H17BrN2O2. The highest BCUT2D eigenvalue weighted by atomic mass is 79.9. The number of hydrogen-bond acceptors (Lipinski definition) is 3. The molecule has 1 aliphatic rings. The maximum Gasteiger partial charge on any atom is 0.250 e. The maximum absolute atomic E-state index is 11.4. The summed E-state index contributed by atoms with van der Waals surface area (Å²) in [7, 11) is 0. The van der Waals surface area contributed by atoms with E-state index in [4.69, 9.17) is 10.5 Å². The predicted molar refractivity (Wildman–Crippen MR) is 73.0 cm³/mol. The SMILES string of the molecule is C[C@]1(C(N)=O)CN(Cc2ccc(Br)cc2)CCO1. The lowest BCUT2D eigenvalue weighted by Gasteiger charge is -2.38. The van der Waals surface area contributed by atoms with Gasteiger partial charge in [0.15, 0.2) is 5.60 Å². The van der Waals surface area contributed by atoms with Gasteiger partial charge in [0.2, 0.25) is 0 Å². The molecule has 2 rings (SSSR count). The van der Waals surface area contributed by atoms with Crippen molar-refractivity contribution in [2.75, 3.05) is 19.7 Å². The van der Waals surface area contributed by atoms with Crippen LogP contribution in [0, 0.1) is 0 Å². The van der Waals surface area contributed by atoms with Crippen LogP contribution in [0.15, 0.2) is 28.7 Å². The monoisotopic (exact) mass is 312 g/mol. The number of carbonyl (C=O) groups is 1. The van der Waals surface area contributed by atoms with Crippen LogP contribution in [0.3, 0.4) is 0 Å². The molecule has 0 radical (unpaired) electrons. The Morgan fingerprint density at radius 3 is 2.78 bits per heavy atom. The van der Waals surface area contributed by atoms with E-state index < -0.39 is 11.5 Å². The number of nitrogens with zero attached hydrogens (tertiary/aromatic N) is 1. The molecule has 0 aliphatic carbocycles. The smallest absolute Gasteiger partial charge is 0.250 e. The van der Waals surface area contributed by atoms with Gasteiger partial charge in [-0.05, 0) is 24.6 Å². The minimum Gasteiger partial charge on any atom is -0.367 e. The van der Waals surface area contributed by atoms with Gasteiger partial charge in [0, 0.05) is 24.1 Å². The van der Waals surface area contributed by atoms with Gasteiger partial charge in [-0.3, -0.25) is 9.69 Å². The van der Waals surface area contributed by atoms with Crippen LogP contribution in [0.25, 0.3) is 0 Å². The van der Waals surface area contributed by atoms with Gasteiger partial charge in [-0.15, -0.1) is 0 Å². The summed E-state index contributed by atoms with van der Waals surface area (Å²) in [6.07, 6.45) is 0. The number of carbonyl (C=O) groups excluding carboxylic acids is 1. The lowest BCUT2D eigenvalue weighted by Crippen LogP contribution is -2.56. The lowest BCUT2D eigenvalue weighted by molar-refractivity contribution is -0.153. The summed E-state index contributed by atoms with van der Waals surface area (Å²) in [5.74, 6) is -0.400. The van der Waals surface area contributed by atoms with Crippen LogP contribution in [-0.2, 0) is 16.1 Å². The van der Waals surface area contributed by atoms with Gasteiger partial charge in [0.05, 0.1) is 6.61 Å². The van der Waals surface area contributed by atoms with Gasteiger partial charge in [-0.25, -0.2) is 0 Å². The van der Waals surface area contributed by atoms with E-state index in [0.717, 1.165) is 17.6 Å². The average molecular weight is 313 g/mol. The number of hydrogen-bond donors (Lipinski definition) is 1. The fourth-order valence-corrected chi connectivity index (χ4v) is 2.35. The predicted octanol–water partition coefficient (Wildman–Crippen LogP) is 1.53. The summed E-state index contributed by atoms with van der Waals surface area (Å²) in [5, 5.41) is 0. The number of benzene rings is 1. The largest absolute Gasteiger partial charge is 0.367 e. The highest BCUT2D eigenvalue weighted by Gasteiger charge is 2.37. The van der Waals surface area contributed by atoms with E-state index in [1.807, 2.05) is 12.1 Å². The summed E-state index contributed by atoms with van der Waals surface area (Å²) < 4.78 is 6.56. The van der Waals surface area contributed by atoms with Crippen molar-refractivity contribution >= 4 is 21.8 Å². The van der Waals surface area contributed by atoms with Crippen LogP contribution in [-0.4, -0.2) is 36.1 Å². The molecule has 2 N–H and O–H groups in total. The Kier molecular flexibility index (Phi) is 4.04. The van der Waals surface area contributed by atoms with Crippen molar-refractivity contribution in [3.63, 3.8) is 0 Å². The summed E-state index contributed by atoms with van der Waals surface area (Å²) in [6, 6.07) is 8.18. The van der Waals surface area contributed by atoms with Gasteiger partial charge in [0.1, 0.15) is 0 Å². The van der Waals surface area contributed by atoms with Crippen molar-refractivity contribution in [2.24, 2.45) is 5.73 Å². The van der Waals surface area contributed by atoms with Gasteiger partial charge in [-0.1, -0.05) is 28.1 Å². The first-order chi connectivity index (χ1) is 8.49. The zero-order valence-corrected chi connectivity index (χ0v) is 11.9. The molecule has 1 atom stereocenters. The van der Waals surface area contributed by atoms with Crippen LogP contribution in [0.1, 0.15) is 12.5 Å². The van der Waals surface area contributed by atoms with E-state index in [1.54, 1.807) is 6.92 Å². The van der Waals surface area contributed by atoms with E-state index >= 15 is 0 Å². The third-order valence-corrected chi connectivity index (χ3v) is 3.72. The second-order valence-electron chi connectivity index (χ2n) is 4.78. The van der Waals surface area contributed by atoms with Crippen molar-refractivity contribution < 1.29 is 9.53 Å². The Balaban J connectivity index is 2.02. The first-order valence-electron chi connectivity index (χ1n) is 5.90. The third-order valence-electron chi connectivity index (χ3n) is 3.19. The van der Waals surface area contributed by atoms with Gasteiger partial charge >= 0.3 is 0 Å². The van der Waals surface area contributed by atoms with Crippen molar-refractivity contribution in [2.45, 2.75) is 19.1 Å². The first kappa shape index (κ1) is 13.5. The van der Waals surface area contributed by atoms with Gasteiger partial charge in [-0.2, -0.15) is 0 Å². The number of rotatable bonds is 3. The number of primary amides is 1. The number of nitrogens with two attached hydrogens (primary N) is 1. The Hall–Kier alpha value is -0.910. The summed E-state index contributed by atoms with van der Waals surface area (Å²) in [4.78, 5) is 13.6. The molecule has 5 heteroatoms. The summed E-state index contributed by atoms with van der Waals surface area (Å²) >= 11 is 3.41. The Morgan fingerprint density at radius 2 is 2.17 bits per heavy atom. The van der Waals surface area contributed by atoms with Gasteiger partial charge in [0.25, 0.3) is 5.91 Å². The van der Waals surface area contributed by atoms with Crippen LogP contribution in [0.5, 0.6) is 0 Å². The molecule has 0 unspecified atom stereocenters.